The highest BCUT2D eigenvalue weighted by molar-refractivity contribution is 5.90. The van der Waals surface area contributed by atoms with Gasteiger partial charge in [-0.2, -0.15) is 4.98 Å². The fraction of sp³-hybridized carbons (Fsp3) is 0.375. The molecule has 2 rings (SSSR count). The van der Waals surface area contributed by atoms with Crippen LogP contribution in [0.5, 0.6) is 0 Å². The highest BCUT2D eigenvalue weighted by Gasteiger charge is 2.21. The Morgan fingerprint density at radius 3 is 2.71 bits per heavy atom. The second-order valence-corrected chi connectivity index (χ2v) is 6.07. The van der Waals surface area contributed by atoms with E-state index in [-0.39, 0.29) is 6.42 Å². The first-order valence-electron chi connectivity index (χ1n) is 7.47. The van der Waals surface area contributed by atoms with Gasteiger partial charge in [-0.1, -0.05) is 17.3 Å². The number of anilines is 1. The summed E-state index contributed by atoms with van der Waals surface area (Å²) in [4.78, 5) is 26.9. The molecule has 8 nitrogen and oxygen atoms in total. The van der Waals surface area contributed by atoms with Crippen LogP contribution in [0.25, 0.3) is 11.4 Å². The lowest BCUT2D eigenvalue weighted by Crippen LogP contribution is -2.45. The molecule has 0 aliphatic heterocycles. The predicted molar refractivity (Wildman–Crippen MR) is 87.6 cm³/mol. The number of nitrogens with zero attached hydrogens (tertiary/aromatic N) is 2. The van der Waals surface area contributed by atoms with E-state index in [1.54, 1.807) is 39.0 Å². The molecule has 0 saturated heterocycles. The molecule has 1 aromatic heterocycles. The van der Waals surface area contributed by atoms with Gasteiger partial charge in [-0.15, -0.1) is 0 Å². The summed E-state index contributed by atoms with van der Waals surface area (Å²) in [6.45, 7) is 5.24. The average Bonchev–Trinajstić information content (AvgIpc) is 2.91. The Labute approximate surface area is 139 Å². The maximum absolute atomic E-state index is 12.1. The standard InChI is InChI=1S/C16H20N4O4/c1-10-17-14(20-24-10)11-5-4-6-12(9-11)18-15(23)19-16(2,3)8-7-13(21)22/h4-6,9H,7-8H2,1-3H3,(H,21,22)(H2,18,19,23). The van der Waals surface area contributed by atoms with Crippen LogP contribution in [0.4, 0.5) is 10.5 Å². The van der Waals surface area contributed by atoms with Crippen LogP contribution in [0.3, 0.4) is 0 Å². The largest absolute Gasteiger partial charge is 0.481 e. The minimum Gasteiger partial charge on any atom is -0.481 e. The van der Waals surface area contributed by atoms with Gasteiger partial charge >= 0.3 is 12.0 Å². The van der Waals surface area contributed by atoms with Crippen LogP contribution in [0.1, 0.15) is 32.6 Å². The first kappa shape index (κ1) is 17.5. The van der Waals surface area contributed by atoms with E-state index in [1.165, 1.54) is 0 Å². The molecule has 128 valence electrons. The van der Waals surface area contributed by atoms with Crippen LogP contribution >= 0.6 is 0 Å². The molecule has 8 heteroatoms. The summed E-state index contributed by atoms with van der Waals surface area (Å²) in [7, 11) is 0. The zero-order chi connectivity index (χ0) is 17.7. The van der Waals surface area contributed by atoms with Gasteiger partial charge in [0.1, 0.15) is 0 Å². The quantitative estimate of drug-likeness (QED) is 0.748. The van der Waals surface area contributed by atoms with E-state index in [0.29, 0.717) is 23.8 Å². The highest BCUT2D eigenvalue weighted by atomic mass is 16.5. The zero-order valence-corrected chi connectivity index (χ0v) is 13.8. The molecule has 0 aliphatic rings. The molecule has 3 N–H and O–H groups in total. The molecule has 2 amide bonds. The molecular weight excluding hydrogens is 312 g/mol. The predicted octanol–water partition coefficient (Wildman–Crippen LogP) is 2.81. The SMILES string of the molecule is Cc1nc(-c2cccc(NC(=O)NC(C)(C)CCC(=O)O)c2)no1. The van der Waals surface area contributed by atoms with Crippen molar-refractivity contribution in [2.45, 2.75) is 39.2 Å². The van der Waals surface area contributed by atoms with E-state index >= 15 is 0 Å². The summed E-state index contributed by atoms with van der Waals surface area (Å²) < 4.78 is 4.94. The smallest absolute Gasteiger partial charge is 0.319 e. The number of amides is 2. The number of nitrogens with one attached hydrogen (secondary N) is 2. The van der Waals surface area contributed by atoms with Crippen LogP contribution in [-0.2, 0) is 4.79 Å². The average molecular weight is 332 g/mol. The van der Waals surface area contributed by atoms with Crippen LogP contribution in [0, 0.1) is 6.92 Å². The Morgan fingerprint density at radius 2 is 2.08 bits per heavy atom. The number of carboxylic acid groups (broad SMARTS) is 1. The van der Waals surface area contributed by atoms with Crippen molar-refractivity contribution in [1.29, 1.82) is 0 Å². The van der Waals surface area contributed by atoms with Crippen LogP contribution in [0.2, 0.25) is 0 Å². The Bertz CT molecular complexity index is 739. The summed E-state index contributed by atoms with van der Waals surface area (Å²) in [6, 6.07) is 6.64. The fourth-order valence-corrected chi connectivity index (χ4v) is 2.10. The van der Waals surface area contributed by atoms with Crippen molar-refractivity contribution < 1.29 is 19.2 Å². The minimum absolute atomic E-state index is 0.0139. The summed E-state index contributed by atoms with van der Waals surface area (Å²) >= 11 is 0. The van der Waals surface area contributed by atoms with Crippen molar-refractivity contribution in [3.8, 4) is 11.4 Å². The molecule has 1 heterocycles. The molecule has 0 unspecified atom stereocenters. The molecule has 2 aromatic rings. The lowest BCUT2D eigenvalue weighted by atomic mass is 9.99. The van der Waals surface area contributed by atoms with Crippen LogP contribution in [-0.4, -0.2) is 32.8 Å². The number of hydrogen-bond donors (Lipinski definition) is 3. The van der Waals surface area contributed by atoms with E-state index in [0.717, 1.165) is 5.56 Å². The van der Waals surface area contributed by atoms with Crippen molar-refractivity contribution in [2.24, 2.45) is 0 Å². The third-order valence-electron chi connectivity index (χ3n) is 3.32. The number of urea groups is 1. The number of aromatic nitrogens is 2. The van der Waals surface area contributed by atoms with Gasteiger partial charge in [-0.3, -0.25) is 4.79 Å². The third kappa shape index (κ3) is 5.08. The Kier molecular flexibility index (Phi) is 5.18. The lowest BCUT2D eigenvalue weighted by molar-refractivity contribution is -0.137. The normalized spacial score (nSPS) is 11.1. The Balaban J connectivity index is 2.00. The number of carboxylic acids is 1. The fourth-order valence-electron chi connectivity index (χ4n) is 2.10. The summed E-state index contributed by atoms with van der Waals surface area (Å²) in [5.41, 5.74) is 0.654. The molecule has 0 aliphatic carbocycles. The summed E-state index contributed by atoms with van der Waals surface area (Å²) in [5, 5.41) is 18.1. The van der Waals surface area contributed by atoms with Crippen molar-refractivity contribution >= 4 is 17.7 Å². The minimum atomic E-state index is -0.895. The van der Waals surface area contributed by atoms with Crippen molar-refractivity contribution in [2.75, 3.05) is 5.32 Å². The van der Waals surface area contributed by atoms with Crippen molar-refractivity contribution in [1.82, 2.24) is 15.5 Å². The number of aryl methyl sites for hydroxylation is 1. The van der Waals surface area contributed by atoms with Crippen LogP contribution < -0.4 is 10.6 Å². The van der Waals surface area contributed by atoms with Gasteiger partial charge in [0, 0.05) is 30.1 Å². The number of carbonyl (C=O) groups excluding carboxylic acids is 1. The highest BCUT2D eigenvalue weighted by Crippen LogP contribution is 2.20. The van der Waals surface area contributed by atoms with Gasteiger partial charge in [0.25, 0.3) is 0 Å². The number of rotatable bonds is 6. The molecule has 0 saturated carbocycles. The van der Waals surface area contributed by atoms with Gasteiger partial charge in [0.05, 0.1) is 0 Å². The van der Waals surface area contributed by atoms with Gasteiger partial charge in [-0.25, -0.2) is 4.79 Å². The molecular formula is C16H20N4O4. The molecule has 0 spiro atoms. The van der Waals surface area contributed by atoms with Gasteiger partial charge in [0.2, 0.25) is 11.7 Å². The molecule has 0 bridgehead atoms. The molecule has 0 radical (unpaired) electrons. The molecule has 1 aromatic carbocycles. The Morgan fingerprint density at radius 1 is 1.33 bits per heavy atom. The van der Waals surface area contributed by atoms with E-state index in [4.69, 9.17) is 9.63 Å². The van der Waals surface area contributed by atoms with Crippen molar-refractivity contribution in [3.05, 3.63) is 30.2 Å². The maximum Gasteiger partial charge on any atom is 0.319 e. The van der Waals surface area contributed by atoms with E-state index in [1.807, 2.05) is 6.07 Å². The van der Waals surface area contributed by atoms with E-state index < -0.39 is 17.5 Å². The zero-order valence-electron chi connectivity index (χ0n) is 13.8. The number of benzene rings is 1. The second-order valence-electron chi connectivity index (χ2n) is 6.07. The number of hydrogen-bond acceptors (Lipinski definition) is 5. The van der Waals surface area contributed by atoms with E-state index in [9.17, 15) is 9.59 Å². The number of aliphatic carboxylic acids is 1. The van der Waals surface area contributed by atoms with Gasteiger partial charge < -0.3 is 20.3 Å². The molecule has 0 atom stereocenters. The number of carbonyl (C=O) groups is 2. The molecule has 24 heavy (non-hydrogen) atoms. The summed E-state index contributed by atoms with van der Waals surface area (Å²) in [5.74, 6) is 0.00743. The first-order chi connectivity index (χ1) is 11.2. The maximum atomic E-state index is 12.1. The third-order valence-corrected chi connectivity index (χ3v) is 3.32. The lowest BCUT2D eigenvalue weighted by Gasteiger charge is -2.25. The van der Waals surface area contributed by atoms with Gasteiger partial charge in [0.15, 0.2) is 0 Å². The topological polar surface area (TPSA) is 117 Å². The van der Waals surface area contributed by atoms with E-state index in [2.05, 4.69) is 20.8 Å². The second kappa shape index (κ2) is 7.12. The van der Waals surface area contributed by atoms with Crippen molar-refractivity contribution in [3.63, 3.8) is 0 Å². The molecule has 0 fully saturated rings. The Hall–Kier alpha value is -2.90. The van der Waals surface area contributed by atoms with Crippen LogP contribution in [0.15, 0.2) is 28.8 Å². The van der Waals surface area contributed by atoms with Gasteiger partial charge in [-0.05, 0) is 32.4 Å². The first-order valence-corrected chi connectivity index (χ1v) is 7.47. The monoisotopic (exact) mass is 332 g/mol. The summed E-state index contributed by atoms with van der Waals surface area (Å²) in [6.07, 6.45) is 0.317.